The van der Waals surface area contributed by atoms with E-state index in [2.05, 4.69) is 10.3 Å². The minimum absolute atomic E-state index is 0.00159. The molecule has 3 N–H and O–H groups in total. The third kappa shape index (κ3) is 4.40. The lowest BCUT2D eigenvalue weighted by molar-refractivity contribution is -0.115. The lowest BCUT2D eigenvalue weighted by Crippen LogP contribution is -2.22. The lowest BCUT2D eigenvalue weighted by atomic mass is 10.2. The zero-order chi connectivity index (χ0) is 18.7. The summed E-state index contributed by atoms with van der Waals surface area (Å²) in [5, 5.41) is 9.24. The number of hydrogen-bond acceptors (Lipinski definition) is 5. The number of nitrogens with two attached hydrogens (primary N) is 1. The number of hydrogen-bond donors (Lipinski definition) is 2. The summed E-state index contributed by atoms with van der Waals surface area (Å²) in [7, 11) is -3.75. The number of rotatable bonds is 5. The molecule has 1 aromatic heterocycles. The van der Waals surface area contributed by atoms with Crippen molar-refractivity contribution in [2.45, 2.75) is 22.1 Å². The number of pyridine rings is 1. The van der Waals surface area contributed by atoms with Crippen molar-refractivity contribution < 1.29 is 13.2 Å². The fourth-order valence-electron chi connectivity index (χ4n) is 2.32. The standard InChI is InChI=1S/C18H17N3O3S2/c1-12(25-17-11-6-13-4-2-3-5-16(13)21-17)18(22)20-14-7-9-15(10-8-14)26(19,23)24/h2-12H,1H3,(H,20,22)(H2,19,23,24)/t12-/m0/s1. The highest BCUT2D eigenvalue weighted by atomic mass is 32.2. The predicted octanol–water partition coefficient (Wildman–Crippen LogP) is 3.00. The second-order valence-corrected chi connectivity index (χ2v) is 8.58. The molecule has 0 spiro atoms. The van der Waals surface area contributed by atoms with Gasteiger partial charge in [-0.3, -0.25) is 4.79 Å². The number of fused-ring (bicyclic) bond motifs is 1. The fourth-order valence-corrected chi connectivity index (χ4v) is 3.66. The van der Waals surface area contributed by atoms with E-state index in [9.17, 15) is 13.2 Å². The average molecular weight is 387 g/mol. The Kier molecular flexibility index (Phi) is 5.26. The van der Waals surface area contributed by atoms with E-state index in [1.807, 2.05) is 36.4 Å². The first-order chi connectivity index (χ1) is 12.3. The van der Waals surface area contributed by atoms with E-state index < -0.39 is 10.0 Å². The molecule has 1 atom stereocenters. The van der Waals surface area contributed by atoms with Crippen LogP contribution < -0.4 is 10.5 Å². The van der Waals surface area contributed by atoms with Gasteiger partial charge in [-0.05, 0) is 43.3 Å². The first-order valence-electron chi connectivity index (χ1n) is 7.79. The van der Waals surface area contributed by atoms with Crippen LogP contribution >= 0.6 is 11.8 Å². The fraction of sp³-hybridized carbons (Fsp3) is 0.111. The summed E-state index contributed by atoms with van der Waals surface area (Å²) in [6.45, 7) is 1.79. The molecule has 0 aliphatic rings. The highest BCUT2D eigenvalue weighted by Crippen LogP contribution is 2.25. The van der Waals surface area contributed by atoms with Crippen LogP contribution in [0.2, 0.25) is 0 Å². The Balaban J connectivity index is 1.67. The van der Waals surface area contributed by atoms with Crippen LogP contribution in [0.4, 0.5) is 5.69 Å². The summed E-state index contributed by atoms with van der Waals surface area (Å²) in [5.41, 5.74) is 1.38. The zero-order valence-electron chi connectivity index (χ0n) is 13.9. The van der Waals surface area contributed by atoms with Crippen molar-refractivity contribution in [3.8, 4) is 0 Å². The summed E-state index contributed by atoms with van der Waals surface area (Å²) in [5.74, 6) is -0.201. The maximum Gasteiger partial charge on any atom is 0.238 e. The molecule has 0 saturated carbocycles. The molecule has 6 nitrogen and oxygen atoms in total. The van der Waals surface area contributed by atoms with E-state index in [1.165, 1.54) is 36.0 Å². The van der Waals surface area contributed by atoms with Gasteiger partial charge in [0, 0.05) is 11.1 Å². The SMILES string of the molecule is C[C@H](Sc1ccc2ccccc2n1)C(=O)Nc1ccc(S(N)(=O)=O)cc1. The van der Waals surface area contributed by atoms with Gasteiger partial charge in [0.1, 0.15) is 0 Å². The first kappa shape index (κ1) is 18.4. The van der Waals surface area contributed by atoms with Crippen LogP contribution in [0.25, 0.3) is 10.9 Å². The van der Waals surface area contributed by atoms with Crippen LogP contribution in [-0.2, 0) is 14.8 Å². The van der Waals surface area contributed by atoms with Gasteiger partial charge in [-0.15, -0.1) is 0 Å². The molecule has 3 aromatic rings. The van der Waals surface area contributed by atoms with Gasteiger partial charge < -0.3 is 5.32 Å². The van der Waals surface area contributed by atoms with Crippen molar-refractivity contribution >= 4 is 44.3 Å². The molecule has 2 aromatic carbocycles. The van der Waals surface area contributed by atoms with Gasteiger partial charge in [-0.25, -0.2) is 18.5 Å². The van der Waals surface area contributed by atoms with Crippen LogP contribution in [0.5, 0.6) is 0 Å². The van der Waals surface area contributed by atoms with Crippen LogP contribution in [0.1, 0.15) is 6.92 Å². The second-order valence-electron chi connectivity index (χ2n) is 5.66. The van der Waals surface area contributed by atoms with Gasteiger partial charge in [0.05, 0.1) is 20.7 Å². The van der Waals surface area contributed by atoms with Gasteiger partial charge in [0.25, 0.3) is 0 Å². The highest BCUT2D eigenvalue weighted by Gasteiger charge is 2.16. The van der Waals surface area contributed by atoms with Crippen molar-refractivity contribution in [3.05, 3.63) is 60.7 Å². The van der Waals surface area contributed by atoms with Crippen molar-refractivity contribution in [1.29, 1.82) is 0 Å². The van der Waals surface area contributed by atoms with Crippen molar-refractivity contribution in [1.82, 2.24) is 4.98 Å². The van der Waals surface area contributed by atoms with Crippen molar-refractivity contribution in [3.63, 3.8) is 0 Å². The number of nitrogens with one attached hydrogen (secondary N) is 1. The molecule has 0 aliphatic carbocycles. The smallest absolute Gasteiger partial charge is 0.238 e. The number of thioether (sulfide) groups is 1. The molecule has 0 aliphatic heterocycles. The number of para-hydroxylation sites is 1. The van der Waals surface area contributed by atoms with Gasteiger partial charge in [-0.1, -0.05) is 36.0 Å². The van der Waals surface area contributed by atoms with Crippen LogP contribution in [-0.4, -0.2) is 24.6 Å². The normalized spacial score (nSPS) is 12.7. The van der Waals surface area contributed by atoms with Crippen LogP contribution in [0.3, 0.4) is 0 Å². The molecule has 0 fully saturated rings. The summed E-state index contributed by atoms with van der Waals surface area (Å²) in [6, 6.07) is 17.4. The largest absolute Gasteiger partial charge is 0.325 e. The summed E-state index contributed by atoms with van der Waals surface area (Å²) < 4.78 is 22.5. The molecule has 0 radical (unpaired) electrons. The molecular weight excluding hydrogens is 370 g/mol. The van der Waals surface area contributed by atoms with Gasteiger partial charge in [0.2, 0.25) is 15.9 Å². The minimum Gasteiger partial charge on any atom is -0.325 e. The number of amides is 1. The van der Waals surface area contributed by atoms with E-state index in [1.54, 1.807) is 6.92 Å². The third-order valence-corrected chi connectivity index (χ3v) is 5.66. The number of nitrogens with zero attached hydrogens (tertiary/aromatic N) is 1. The van der Waals surface area contributed by atoms with E-state index in [0.29, 0.717) is 5.69 Å². The van der Waals surface area contributed by atoms with Gasteiger partial charge >= 0.3 is 0 Å². The summed E-state index contributed by atoms with van der Waals surface area (Å²) in [4.78, 5) is 16.9. The van der Waals surface area contributed by atoms with Crippen LogP contribution in [0, 0.1) is 0 Å². The quantitative estimate of drug-likeness (QED) is 0.655. The van der Waals surface area contributed by atoms with E-state index in [-0.39, 0.29) is 16.1 Å². The van der Waals surface area contributed by atoms with Crippen LogP contribution in [0.15, 0.2) is 70.6 Å². The Morgan fingerprint density at radius 2 is 1.77 bits per heavy atom. The molecule has 1 heterocycles. The summed E-state index contributed by atoms with van der Waals surface area (Å²) in [6.07, 6.45) is 0. The molecule has 1 amide bonds. The molecular formula is C18H17N3O3S2. The summed E-state index contributed by atoms with van der Waals surface area (Å²) >= 11 is 1.35. The molecule has 26 heavy (non-hydrogen) atoms. The third-order valence-electron chi connectivity index (χ3n) is 3.69. The Hall–Kier alpha value is -2.42. The lowest BCUT2D eigenvalue weighted by Gasteiger charge is -2.12. The number of aromatic nitrogens is 1. The second kappa shape index (κ2) is 7.45. The number of primary sulfonamides is 1. The first-order valence-corrected chi connectivity index (χ1v) is 10.2. The molecule has 0 saturated heterocycles. The Bertz CT molecular complexity index is 1050. The van der Waals surface area contributed by atoms with E-state index in [4.69, 9.17) is 5.14 Å². The highest BCUT2D eigenvalue weighted by molar-refractivity contribution is 8.00. The number of carbonyl (C=O) groups excluding carboxylic acids is 1. The predicted molar refractivity (Wildman–Crippen MR) is 104 cm³/mol. The topological polar surface area (TPSA) is 102 Å². The molecule has 3 rings (SSSR count). The maximum atomic E-state index is 12.4. The average Bonchev–Trinajstić information content (AvgIpc) is 2.61. The number of anilines is 1. The minimum atomic E-state index is -3.75. The molecule has 0 unspecified atom stereocenters. The van der Waals surface area contributed by atoms with Crippen molar-refractivity contribution in [2.75, 3.05) is 5.32 Å². The van der Waals surface area contributed by atoms with E-state index in [0.717, 1.165) is 15.9 Å². The van der Waals surface area contributed by atoms with Gasteiger partial charge in [-0.2, -0.15) is 0 Å². The van der Waals surface area contributed by atoms with Gasteiger partial charge in [0.15, 0.2) is 0 Å². The molecule has 8 heteroatoms. The molecule has 134 valence electrons. The number of carbonyl (C=O) groups is 1. The Morgan fingerprint density at radius 1 is 1.08 bits per heavy atom. The Labute approximate surface area is 155 Å². The number of sulfonamides is 1. The monoisotopic (exact) mass is 387 g/mol. The maximum absolute atomic E-state index is 12.4. The van der Waals surface area contributed by atoms with E-state index >= 15 is 0 Å². The zero-order valence-corrected chi connectivity index (χ0v) is 15.5. The Morgan fingerprint density at radius 3 is 2.46 bits per heavy atom. The number of benzene rings is 2. The molecule has 0 bridgehead atoms. The van der Waals surface area contributed by atoms with Crippen molar-refractivity contribution in [2.24, 2.45) is 5.14 Å².